The van der Waals surface area contributed by atoms with E-state index in [9.17, 15) is 4.79 Å². The fourth-order valence-electron chi connectivity index (χ4n) is 3.39. The molecule has 0 saturated carbocycles. The second-order valence-corrected chi connectivity index (χ2v) is 5.93. The van der Waals surface area contributed by atoms with Crippen LogP contribution in [0.5, 0.6) is 0 Å². The third-order valence-electron chi connectivity index (χ3n) is 4.55. The van der Waals surface area contributed by atoms with Gasteiger partial charge in [0.1, 0.15) is 5.54 Å². The standard InChI is InChI=1S/C15H24N4O3.ClH/c1-21-12-13-11-18(9-10-22-13)14(20)15(3-6-16-7-4-15)19-8-2-5-17-19;/h2,5,8,13,16H,3-4,6-7,9-12H2,1H3;1H. The van der Waals surface area contributed by atoms with E-state index in [4.69, 9.17) is 9.47 Å². The summed E-state index contributed by atoms with van der Waals surface area (Å²) in [5, 5.41) is 7.70. The number of morpholine rings is 1. The summed E-state index contributed by atoms with van der Waals surface area (Å²) in [4.78, 5) is 15.2. The van der Waals surface area contributed by atoms with Crippen molar-refractivity contribution in [2.24, 2.45) is 0 Å². The minimum atomic E-state index is -0.566. The number of ether oxygens (including phenoxy) is 2. The highest BCUT2D eigenvalue weighted by atomic mass is 35.5. The molecule has 130 valence electrons. The number of piperidine rings is 1. The summed E-state index contributed by atoms with van der Waals surface area (Å²) in [6.07, 6.45) is 5.12. The zero-order valence-electron chi connectivity index (χ0n) is 13.4. The number of rotatable bonds is 4. The van der Waals surface area contributed by atoms with Crippen molar-refractivity contribution in [3.05, 3.63) is 18.5 Å². The molecule has 8 heteroatoms. The number of nitrogens with one attached hydrogen (secondary N) is 1. The van der Waals surface area contributed by atoms with E-state index in [0.717, 1.165) is 25.9 Å². The molecule has 0 bridgehead atoms. The Morgan fingerprint density at radius 2 is 2.26 bits per heavy atom. The molecule has 0 radical (unpaired) electrons. The van der Waals surface area contributed by atoms with E-state index in [1.807, 2.05) is 21.8 Å². The molecule has 0 spiro atoms. The van der Waals surface area contributed by atoms with Crippen molar-refractivity contribution in [1.82, 2.24) is 20.0 Å². The fraction of sp³-hybridized carbons (Fsp3) is 0.733. The van der Waals surface area contributed by atoms with E-state index in [-0.39, 0.29) is 24.4 Å². The normalized spacial score (nSPS) is 24.0. The first-order valence-corrected chi connectivity index (χ1v) is 7.87. The topological polar surface area (TPSA) is 68.6 Å². The van der Waals surface area contributed by atoms with Crippen LogP contribution in [0.3, 0.4) is 0 Å². The lowest BCUT2D eigenvalue weighted by Gasteiger charge is -2.42. The number of amides is 1. The van der Waals surface area contributed by atoms with Crippen LogP contribution < -0.4 is 5.32 Å². The van der Waals surface area contributed by atoms with Gasteiger partial charge in [0.2, 0.25) is 0 Å². The maximum absolute atomic E-state index is 13.3. The van der Waals surface area contributed by atoms with Crippen LogP contribution in [-0.2, 0) is 19.8 Å². The Morgan fingerprint density at radius 1 is 1.48 bits per heavy atom. The van der Waals surface area contributed by atoms with Gasteiger partial charge in [0, 0.05) is 32.6 Å². The van der Waals surface area contributed by atoms with E-state index in [2.05, 4.69) is 10.4 Å². The average molecular weight is 345 g/mol. The van der Waals surface area contributed by atoms with Gasteiger partial charge in [0.15, 0.2) is 0 Å². The molecule has 2 aliphatic heterocycles. The molecular weight excluding hydrogens is 320 g/mol. The largest absolute Gasteiger partial charge is 0.382 e. The highest BCUT2D eigenvalue weighted by molar-refractivity contribution is 5.85. The third kappa shape index (κ3) is 3.68. The molecule has 0 aromatic carbocycles. The van der Waals surface area contributed by atoms with Gasteiger partial charge in [-0.05, 0) is 32.0 Å². The van der Waals surface area contributed by atoms with Crippen LogP contribution in [0.4, 0.5) is 0 Å². The summed E-state index contributed by atoms with van der Waals surface area (Å²) in [6, 6.07) is 1.88. The second-order valence-electron chi connectivity index (χ2n) is 5.93. The Labute approximate surface area is 142 Å². The van der Waals surface area contributed by atoms with Crippen molar-refractivity contribution >= 4 is 18.3 Å². The zero-order chi connectivity index (χ0) is 15.4. The summed E-state index contributed by atoms with van der Waals surface area (Å²) < 4.78 is 12.7. The number of hydrogen-bond acceptors (Lipinski definition) is 5. The lowest BCUT2D eigenvalue weighted by molar-refractivity contribution is -0.152. The first-order valence-electron chi connectivity index (χ1n) is 7.87. The predicted octanol–water partition coefficient (Wildman–Crippen LogP) is 0.257. The van der Waals surface area contributed by atoms with Crippen molar-refractivity contribution in [2.45, 2.75) is 24.5 Å². The van der Waals surface area contributed by atoms with Crippen LogP contribution in [0.2, 0.25) is 0 Å². The number of nitrogens with zero attached hydrogens (tertiary/aromatic N) is 3. The number of carbonyl (C=O) groups excluding carboxylic acids is 1. The number of aromatic nitrogens is 2. The SMILES string of the molecule is COCC1CN(C(=O)C2(n3cccn3)CCNCC2)CCO1.Cl. The first kappa shape index (κ1) is 18.2. The molecule has 1 amide bonds. The van der Waals surface area contributed by atoms with Crippen LogP contribution in [0.1, 0.15) is 12.8 Å². The minimum Gasteiger partial charge on any atom is -0.382 e. The molecule has 23 heavy (non-hydrogen) atoms. The van der Waals surface area contributed by atoms with Crippen LogP contribution >= 0.6 is 12.4 Å². The molecule has 2 fully saturated rings. The molecule has 1 unspecified atom stereocenters. The van der Waals surface area contributed by atoms with Crippen LogP contribution in [0.15, 0.2) is 18.5 Å². The molecule has 3 rings (SSSR count). The lowest BCUT2D eigenvalue weighted by Crippen LogP contribution is -2.59. The van der Waals surface area contributed by atoms with E-state index in [0.29, 0.717) is 26.3 Å². The molecule has 1 aromatic heterocycles. The van der Waals surface area contributed by atoms with Gasteiger partial charge >= 0.3 is 0 Å². The molecule has 0 aliphatic carbocycles. The van der Waals surface area contributed by atoms with Gasteiger partial charge in [-0.3, -0.25) is 9.48 Å². The summed E-state index contributed by atoms with van der Waals surface area (Å²) in [6.45, 7) is 3.96. The zero-order valence-corrected chi connectivity index (χ0v) is 14.3. The average Bonchev–Trinajstić information content (AvgIpc) is 3.10. The van der Waals surface area contributed by atoms with Crippen molar-refractivity contribution in [3.8, 4) is 0 Å². The van der Waals surface area contributed by atoms with E-state index in [1.165, 1.54) is 0 Å². The van der Waals surface area contributed by atoms with E-state index in [1.54, 1.807) is 13.3 Å². The Balaban J connectivity index is 0.00000192. The Morgan fingerprint density at radius 3 is 2.91 bits per heavy atom. The maximum atomic E-state index is 13.3. The Hall–Kier alpha value is -1.15. The molecule has 1 aromatic rings. The third-order valence-corrected chi connectivity index (χ3v) is 4.55. The highest BCUT2D eigenvalue weighted by Crippen LogP contribution is 2.30. The quantitative estimate of drug-likeness (QED) is 0.848. The van der Waals surface area contributed by atoms with Gasteiger partial charge in [0.05, 0.1) is 19.3 Å². The Kier molecular flexibility index (Phi) is 6.41. The van der Waals surface area contributed by atoms with Crippen molar-refractivity contribution in [2.75, 3.05) is 46.5 Å². The van der Waals surface area contributed by atoms with Crippen LogP contribution in [-0.4, -0.2) is 73.2 Å². The Bertz CT molecular complexity index is 489. The van der Waals surface area contributed by atoms with E-state index >= 15 is 0 Å². The molecule has 1 atom stereocenters. The number of halogens is 1. The molecule has 1 N–H and O–H groups in total. The van der Waals surface area contributed by atoms with Gasteiger partial charge in [-0.25, -0.2) is 0 Å². The summed E-state index contributed by atoms with van der Waals surface area (Å²) in [5.41, 5.74) is -0.566. The summed E-state index contributed by atoms with van der Waals surface area (Å²) >= 11 is 0. The summed E-state index contributed by atoms with van der Waals surface area (Å²) in [7, 11) is 1.65. The first-order chi connectivity index (χ1) is 10.8. The molecule has 2 aliphatic rings. The van der Waals surface area contributed by atoms with Gasteiger partial charge in [0.25, 0.3) is 5.91 Å². The molecule has 7 nitrogen and oxygen atoms in total. The number of carbonyl (C=O) groups is 1. The van der Waals surface area contributed by atoms with Crippen LogP contribution in [0, 0.1) is 0 Å². The van der Waals surface area contributed by atoms with E-state index < -0.39 is 5.54 Å². The number of methoxy groups -OCH3 is 1. The molecule has 3 heterocycles. The van der Waals surface area contributed by atoms with Crippen molar-refractivity contribution in [3.63, 3.8) is 0 Å². The maximum Gasteiger partial charge on any atom is 0.250 e. The highest BCUT2D eigenvalue weighted by Gasteiger charge is 2.45. The van der Waals surface area contributed by atoms with Gasteiger partial charge in [-0.15, -0.1) is 12.4 Å². The molecule has 2 saturated heterocycles. The minimum absolute atomic E-state index is 0. The van der Waals surface area contributed by atoms with Gasteiger partial charge < -0.3 is 19.7 Å². The smallest absolute Gasteiger partial charge is 0.250 e. The van der Waals surface area contributed by atoms with Crippen LogP contribution in [0.25, 0.3) is 0 Å². The summed E-state index contributed by atoms with van der Waals surface area (Å²) in [5.74, 6) is 0.155. The van der Waals surface area contributed by atoms with Crippen molar-refractivity contribution < 1.29 is 14.3 Å². The van der Waals surface area contributed by atoms with Gasteiger partial charge in [-0.2, -0.15) is 5.10 Å². The second kappa shape index (κ2) is 8.10. The van der Waals surface area contributed by atoms with Gasteiger partial charge in [-0.1, -0.05) is 0 Å². The molecular formula is C15H25ClN4O3. The predicted molar refractivity (Wildman–Crippen MR) is 87.7 cm³/mol. The van der Waals surface area contributed by atoms with Crippen molar-refractivity contribution in [1.29, 1.82) is 0 Å². The fourth-order valence-corrected chi connectivity index (χ4v) is 3.39. The monoisotopic (exact) mass is 344 g/mol. The number of hydrogen-bond donors (Lipinski definition) is 1. The lowest BCUT2D eigenvalue weighted by atomic mass is 9.86.